The van der Waals surface area contributed by atoms with Crippen molar-refractivity contribution in [3.8, 4) is 0 Å². The highest BCUT2D eigenvalue weighted by atomic mass is 35.5. The van der Waals surface area contributed by atoms with Crippen molar-refractivity contribution in [2.45, 2.75) is 24.3 Å². The maximum Gasteiger partial charge on any atom is 0.224 e. The van der Waals surface area contributed by atoms with E-state index < -0.39 is 10.0 Å². The summed E-state index contributed by atoms with van der Waals surface area (Å²) in [7, 11) is -3.57. The van der Waals surface area contributed by atoms with Crippen LogP contribution < -0.4 is 5.32 Å². The summed E-state index contributed by atoms with van der Waals surface area (Å²) in [6.45, 7) is 1.11. The van der Waals surface area contributed by atoms with Gasteiger partial charge in [0.25, 0.3) is 0 Å². The summed E-state index contributed by atoms with van der Waals surface area (Å²) >= 11 is 25.5. The molecule has 0 unspecified atom stereocenters. The van der Waals surface area contributed by atoms with Crippen LogP contribution in [0.5, 0.6) is 0 Å². The van der Waals surface area contributed by atoms with E-state index in [1.165, 1.54) is 4.31 Å². The first-order valence-corrected chi connectivity index (χ1v) is 14.6. The lowest BCUT2D eigenvalue weighted by molar-refractivity contribution is -0.125. The second-order valence-electron chi connectivity index (χ2n) is 7.79. The van der Waals surface area contributed by atoms with Crippen LogP contribution >= 0.6 is 58.2 Å². The molecular formula is C22H24Cl4N2O3S2. The van der Waals surface area contributed by atoms with Crippen molar-refractivity contribution in [1.82, 2.24) is 9.62 Å². The van der Waals surface area contributed by atoms with Crippen LogP contribution in [0.3, 0.4) is 0 Å². The average Bonchev–Trinajstić information content (AvgIpc) is 2.78. The topological polar surface area (TPSA) is 66.5 Å². The van der Waals surface area contributed by atoms with Crippen LogP contribution in [0.1, 0.15) is 24.0 Å². The number of halogens is 4. The number of carbonyl (C=O) groups excluding carboxylic acids is 1. The standard InChI is InChI=1S/C22H24Cl4N2O3S2/c23-18-5-3-15(10-20(18)25)13-32-9-7-27-22(29)17-2-1-8-28(12-17)33(30,31)14-16-4-6-19(24)21(26)11-16/h3-6,10-11,17H,1-2,7-9,12-14H2,(H,27,29)/t17-/m0/s1. The molecule has 0 spiro atoms. The van der Waals surface area contributed by atoms with Gasteiger partial charge in [-0.2, -0.15) is 11.8 Å². The molecule has 33 heavy (non-hydrogen) atoms. The normalized spacial score (nSPS) is 17.2. The molecule has 0 aromatic heterocycles. The number of nitrogens with zero attached hydrogens (tertiary/aromatic N) is 1. The third-order valence-electron chi connectivity index (χ3n) is 5.28. The zero-order chi connectivity index (χ0) is 24.0. The molecule has 0 aliphatic carbocycles. The minimum absolute atomic E-state index is 0.112. The minimum atomic E-state index is -3.57. The van der Waals surface area contributed by atoms with Gasteiger partial charge >= 0.3 is 0 Å². The highest BCUT2D eigenvalue weighted by Gasteiger charge is 2.32. The fraction of sp³-hybridized carbons (Fsp3) is 0.409. The maximum absolute atomic E-state index is 12.9. The lowest BCUT2D eigenvalue weighted by Gasteiger charge is -2.31. The quantitative estimate of drug-likeness (QED) is 0.382. The van der Waals surface area contributed by atoms with E-state index in [9.17, 15) is 13.2 Å². The van der Waals surface area contributed by atoms with E-state index in [0.717, 1.165) is 17.1 Å². The van der Waals surface area contributed by atoms with Crippen molar-refractivity contribution in [2.24, 2.45) is 5.92 Å². The third-order valence-corrected chi connectivity index (χ3v) is 9.60. The molecule has 0 bridgehead atoms. The van der Waals surface area contributed by atoms with Gasteiger partial charge in [0.05, 0.1) is 31.8 Å². The van der Waals surface area contributed by atoms with Gasteiger partial charge in [-0.25, -0.2) is 12.7 Å². The number of sulfonamides is 1. The summed E-state index contributed by atoms with van der Waals surface area (Å²) in [5.74, 6) is 0.848. The number of hydrogen-bond donors (Lipinski definition) is 1. The molecule has 2 aromatic carbocycles. The molecule has 3 rings (SSSR count). The summed E-state index contributed by atoms with van der Waals surface area (Å²) in [6.07, 6.45) is 1.31. The number of amides is 1. The number of thioether (sulfide) groups is 1. The van der Waals surface area contributed by atoms with E-state index >= 15 is 0 Å². The number of nitrogens with one attached hydrogen (secondary N) is 1. The molecule has 1 aliphatic rings. The molecule has 2 aromatic rings. The Hall–Kier alpha value is -0.670. The van der Waals surface area contributed by atoms with Crippen molar-refractivity contribution in [1.29, 1.82) is 0 Å². The van der Waals surface area contributed by atoms with Crippen LogP contribution in [0.25, 0.3) is 0 Å². The van der Waals surface area contributed by atoms with Gasteiger partial charge in [-0.1, -0.05) is 58.5 Å². The Morgan fingerprint density at radius 3 is 2.30 bits per heavy atom. The van der Waals surface area contributed by atoms with E-state index in [-0.39, 0.29) is 24.1 Å². The zero-order valence-electron chi connectivity index (χ0n) is 17.7. The van der Waals surface area contributed by atoms with Gasteiger partial charge in [-0.15, -0.1) is 0 Å². The average molecular weight is 570 g/mol. The van der Waals surface area contributed by atoms with Crippen LogP contribution in [0.4, 0.5) is 0 Å². The smallest absolute Gasteiger partial charge is 0.224 e. The fourth-order valence-electron chi connectivity index (χ4n) is 3.55. The molecule has 0 radical (unpaired) electrons. The van der Waals surface area contributed by atoms with E-state index in [0.29, 0.717) is 51.6 Å². The van der Waals surface area contributed by atoms with Crippen LogP contribution in [-0.4, -0.2) is 44.0 Å². The molecule has 1 saturated heterocycles. The van der Waals surface area contributed by atoms with Gasteiger partial charge in [0.15, 0.2) is 0 Å². The van der Waals surface area contributed by atoms with E-state index in [4.69, 9.17) is 46.4 Å². The van der Waals surface area contributed by atoms with Gasteiger partial charge in [-0.05, 0) is 48.2 Å². The van der Waals surface area contributed by atoms with E-state index in [1.807, 2.05) is 12.1 Å². The Bertz CT molecular complexity index is 1100. The monoisotopic (exact) mass is 568 g/mol. The molecule has 1 amide bonds. The second-order valence-corrected chi connectivity index (χ2v) is 12.5. The summed E-state index contributed by atoms with van der Waals surface area (Å²) in [4.78, 5) is 12.6. The SMILES string of the molecule is O=C(NCCSCc1ccc(Cl)c(Cl)c1)[C@H]1CCCN(S(=O)(=O)Cc2ccc(Cl)c(Cl)c2)C1. The van der Waals surface area contributed by atoms with E-state index in [2.05, 4.69) is 5.32 Å². The maximum atomic E-state index is 12.9. The summed E-state index contributed by atoms with van der Waals surface area (Å²) in [5, 5.41) is 4.68. The highest BCUT2D eigenvalue weighted by molar-refractivity contribution is 7.98. The van der Waals surface area contributed by atoms with Crippen LogP contribution in [0, 0.1) is 5.92 Å². The van der Waals surface area contributed by atoms with Crippen molar-refractivity contribution in [3.63, 3.8) is 0 Å². The predicted octanol–water partition coefficient (Wildman–Crippen LogP) is 5.89. The first kappa shape index (κ1) is 26.9. The molecule has 0 saturated carbocycles. The molecule has 1 aliphatic heterocycles. The Balaban J connectivity index is 1.45. The molecular weight excluding hydrogens is 546 g/mol. The molecule has 5 nitrogen and oxygen atoms in total. The van der Waals surface area contributed by atoms with Crippen molar-refractivity contribution in [2.75, 3.05) is 25.4 Å². The van der Waals surface area contributed by atoms with Gasteiger partial charge < -0.3 is 5.32 Å². The fourth-order valence-corrected chi connectivity index (χ4v) is 6.60. The minimum Gasteiger partial charge on any atom is -0.355 e. The largest absolute Gasteiger partial charge is 0.355 e. The molecule has 1 atom stereocenters. The zero-order valence-corrected chi connectivity index (χ0v) is 22.4. The number of rotatable bonds is 9. The molecule has 11 heteroatoms. The molecule has 1 N–H and O–H groups in total. The van der Waals surface area contributed by atoms with Crippen LogP contribution in [0.2, 0.25) is 20.1 Å². The highest BCUT2D eigenvalue weighted by Crippen LogP contribution is 2.27. The van der Waals surface area contributed by atoms with Gasteiger partial charge in [0.2, 0.25) is 15.9 Å². The molecule has 1 heterocycles. The second kappa shape index (κ2) is 12.3. The first-order chi connectivity index (χ1) is 15.7. The Morgan fingerprint density at radius 2 is 1.64 bits per heavy atom. The van der Waals surface area contributed by atoms with Crippen LogP contribution in [0.15, 0.2) is 36.4 Å². The Morgan fingerprint density at radius 1 is 1.00 bits per heavy atom. The Labute approximate surface area is 219 Å². The van der Waals surface area contributed by atoms with Crippen LogP contribution in [-0.2, 0) is 26.3 Å². The summed E-state index contributed by atoms with van der Waals surface area (Å²) in [5.41, 5.74) is 1.63. The lowest BCUT2D eigenvalue weighted by atomic mass is 9.99. The number of carbonyl (C=O) groups is 1. The van der Waals surface area contributed by atoms with Crippen molar-refractivity contribution >= 4 is 74.1 Å². The summed E-state index contributed by atoms with van der Waals surface area (Å²) in [6, 6.07) is 10.3. The number of piperidine rings is 1. The van der Waals surface area contributed by atoms with Crippen molar-refractivity contribution < 1.29 is 13.2 Å². The third kappa shape index (κ3) is 7.92. The molecule has 1 fully saturated rings. The number of hydrogen-bond acceptors (Lipinski definition) is 4. The van der Waals surface area contributed by atoms with Gasteiger partial charge in [0, 0.05) is 31.1 Å². The van der Waals surface area contributed by atoms with E-state index in [1.54, 1.807) is 36.0 Å². The number of benzene rings is 2. The summed E-state index contributed by atoms with van der Waals surface area (Å²) < 4.78 is 27.2. The van der Waals surface area contributed by atoms with Gasteiger partial charge in [0.1, 0.15) is 0 Å². The lowest BCUT2D eigenvalue weighted by Crippen LogP contribution is -2.46. The predicted molar refractivity (Wildman–Crippen MR) is 139 cm³/mol. The molecule has 180 valence electrons. The Kier molecular flexibility index (Phi) is 10.1. The van der Waals surface area contributed by atoms with Gasteiger partial charge in [-0.3, -0.25) is 4.79 Å². The first-order valence-electron chi connectivity index (χ1n) is 10.4. The van der Waals surface area contributed by atoms with Crippen molar-refractivity contribution in [3.05, 3.63) is 67.6 Å².